The van der Waals surface area contributed by atoms with Crippen LogP contribution < -0.4 is 5.73 Å². The number of amides is 1. The number of carbonyl (C=O) groups excluding carboxylic acids is 1. The van der Waals surface area contributed by atoms with Crippen molar-refractivity contribution >= 4 is 17.1 Å². The predicted octanol–water partition coefficient (Wildman–Crippen LogP) is 4.84. The number of hydrogen-bond donors (Lipinski definition) is 2. The molecule has 1 saturated heterocycles. The number of H-pyrrole nitrogens is 1. The number of nitrogens with one attached hydrogen (secondary N) is 1. The Morgan fingerprint density at radius 2 is 2.03 bits per heavy atom. The van der Waals surface area contributed by atoms with Crippen molar-refractivity contribution < 1.29 is 18.7 Å². The van der Waals surface area contributed by atoms with Gasteiger partial charge in [-0.15, -0.1) is 0 Å². The van der Waals surface area contributed by atoms with Crippen LogP contribution in [-0.2, 0) is 9.47 Å². The maximum Gasteiger partial charge on any atom is 0.410 e. The van der Waals surface area contributed by atoms with E-state index in [-0.39, 0.29) is 18.2 Å². The molecule has 2 atom stereocenters. The number of aromatic amines is 1. The van der Waals surface area contributed by atoms with Crippen LogP contribution in [0.1, 0.15) is 76.8 Å². The molecular formula is C24H35FN4O3. The normalized spacial score (nSPS) is 25.7. The van der Waals surface area contributed by atoms with Gasteiger partial charge in [0.2, 0.25) is 0 Å². The average molecular weight is 447 g/mol. The van der Waals surface area contributed by atoms with Crippen molar-refractivity contribution in [2.45, 2.75) is 71.1 Å². The Bertz CT molecular complexity index is 962. The van der Waals surface area contributed by atoms with Gasteiger partial charge in [0.25, 0.3) is 0 Å². The van der Waals surface area contributed by atoms with Gasteiger partial charge in [-0.25, -0.2) is 14.2 Å². The summed E-state index contributed by atoms with van der Waals surface area (Å²) < 4.78 is 26.8. The van der Waals surface area contributed by atoms with Gasteiger partial charge in [-0.2, -0.15) is 0 Å². The molecule has 0 radical (unpaired) electrons. The molecule has 1 aromatic heterocycles. The first-order valence-corrected chi connectivity index (χ1v) is 11.6. The fourth-order valence-corrected chi connectivity index (χ4v) is 4.76. The number of halogens is 1. The molecule has 3 N–H and O–H groups in total. The fourth-order valence-electron chi connectivity index (χ4n) is 4.76. The fraction of sp³-hybridized carbons (Fsp3) is 0.667. The van der Waals surface area contributed by atoms with Crippen molar-refractivity contribution in [3.8, 4) is 0 Å². The van der Waals surface area contributed by atoms with Crippen molar-refractivity contribution in [3.05, 3.63) is 29.3 Å². The molecule has 176 valence electrons. The van der Waals surface area contributed by atoms with Crippen molar-refractivity contribution in [2.24, 2.45) is 17.6 Å². The Morgan fingerprint density at radius 3 is 2.72 bits per heavy atom. The van der Waals surface area contributed by atoms with Crippen molar-refractivity contribution in [1.29, 1.82) is 0 Å². The Morgan fingerprint density at radius 1 is 1.31 bits per heavy atom. The Balaban J connectivity index is 1.60. The number of ether oxygens (including phenoxy) is 2. The van der Waals surface area contributed by atoms with Gasteiger partial charge in [0, 0.05) is 12.1 Å². The number of hydrogen-bond acceptors (Lipinski definition) is 5. The minimum atomic E-state index is -0.632. The van der Waals surface area contributed by atoms with Crippen LogP contribution in [0.3, 0.4) is 0 Å². The summed E-state index contributed by atoms with van der Waals surface area (Å²) in [6, 6.07) is 2.69. The van der Waals surface area contributed by atoms with Crippen molar-refractivity contribution in [1.82, 2.24) is 14.9 Å². The largest absolute Gasteiger partial charge is 0.444 e. The Labute approximate surface area is 188 Å². The Hall–Kier alpha value is -2.19. The van der Waals surface area contributed by atoms with Crippen LogP contribution in [0.25, 0.3) is 11.0 Å². The summed E-state index contributed by atoms with van der Waals surface area (Å²) in [6.45, 7) is 8.65. The number of nitrogens with two attached hydrogens (primary N) is 1. The standard InChI is InChI=1S/C24H35FN4O3/c1-14-5-7-15(8-6-14)20(26)22-27-17-10-9-16(19(25)21(17)28-22)18-13-31-12-11-29(18)23(30)32-24(2,3)4/h9-10,14-15,18,20H,5-8,11-13,26H2,1-4H3,(H,27,28)/t14?,15?,18-,20+/m1/s1. The SMILES string of the molecule is CC1CCC([C@H](N)c2nc3c(F)c([C@H]4COCCN4C(=O)OC(C)(C)C)ccc3[nH]2)CC1. The molecule has 0 bridgehead atoms. The second kappa shape index (κ2) is 8.98. The van der Waals surface area contributed by atoms with E-state index in [9.17, 15) is 4.79 Å². The molecular weight excluding hydrogens is 411 g/mol. The third kappa shape index (κ3) is 4.76. The molecule has 4 rings (SSSR count). The predicted molar refractivity (Wildman–Crippen MR) is 121 cm³/mol. The second-order valence-electron chi connectivity index (χ2n) is 10.3. The summed E-state index contributed by atoms with van der Waals surface area (Å²) in [5.41, 5.74) is 7.14. The third-order valence-corrected chi connectivity index (χ3v) is 6.64. The molecule has 0 spiro atoms. The Kier molecular flexibility index (Phi) is 6.45. The highest BCUT2D eigenvalue weighted by Gasteiger charge is 2.34. The average Bonchev–Trinajstić information content (AvgIpc) is 3.18. The van der Waals surface area contributed by atoms with E-state index in [4.69, 9.17) is 15.2 Å². The van der Waals surface area contributed by atoms with Crippen LogP contribution in [0.2, 0.25) is 0 Å². The number of aromatic nitrogens is 2. The molecule has 8 heteroatoms. The van der Waals surface area contributed by atoms with Crippen molar-refractivity contribution in [3.63, 3.8) is 0 Å². The van der Waals surface area contributed by atoms with E-state index in [2.05, 4.69) is 16.9 Å². The van der Waals surface area contributed by atoms with Gasteiger partial charge in [0.1, 0.15) is 16.9 Å². The van der Waals surface area contributed by atoms with E-state index < -0.39 is 23.6 Å². The van der Waals surface area contributed by atoms with Crippen LogP contribution in [0.15, 0.2) is 12.1 Å². The number of rotatable bonds is 3. The number of imidazole rings is 1. The second-order valence-corrected chi connectivity index (χ2v) is 10.3. The lowest BCUT2D eigenvalue weighted by molar-refractivity contribution is -0.0337. The molecule has 32 heavy (non-hydrogen) atoms. The first-order chi connectivity index (χ1) is 15.1. The number of nitrogens with zero attached hydrogens (tertiary/aromatic N) is 2. The highest BCUT2D eigenvalue weighted by molar-refractivity contribution is 5.77. The zero-order valence-electron chi connectivity index (χ0n) is 19.5. The molecule has 7 nitrogen and oxygen atoms in total. The van der Waals surface area contributed by atoms with Gasteiger partial charge in [-0.3, -0.25) is 4.90 Å². The quantitative estimate of drug-likeness (QED) is 0.704. The third-order valence-electron chi connectivity index (χ3n) is 6.64. The molecule has 1 saturated carbocycles. The maximum atomic E-state index is 15.6. The van der Waals surface area contributed by atoms with Gasteiger partial charge in [-0.1, -0.05) is 25.8 Å². The number of carbonyl (C=O) groups is 1. The molecule has 1 amide bonds. The highest BCUT2D eigenvalue weighted by atomic mass is 19.1. The highest BCUT2D eigenvalue weighted by Crippen LogP contribution is 2.36. The van der Waals surface area contributed by atoms with Crippen LogP contribution in [0, 0.1) is 17.7 Å². The molecule has 0 unspecified atom stereocenters. The van der Waals surface area contributed by atoms with Gasteiger partial charge >= 0.3 is 6.09 Å². The molecule has 1 aromatic carbocycles. The first-order valence-electron chi connectivity index (χ1n) is 11.6. The number of morpholine rings is 1. The summed E-state index contributed by atoms with van der Waals surface area (Å²) in [7, 11) is 0. The van der Waals surface area contributed by atoms with Crippen LogP contribution in [-0.4, -0.2) is 46.3 Å². The lowest BCUT2D eigenvalue weighted by atomic mass is 9.79. The number of fused-ring (bicyclic) bond motifs is 1. The topological polar surface area (TPSA) is 93.5 Å². The van der Waals surface area contributed by atoms with Crippen LogP contribution >= 0.6 is 0 Å². The zero-order chi connectivity index (χ0) is 23.0. The smallest absolute Gasteiger partial charge is 0.410 e. The van der Waals surface area contributed by atoms with E-state index in [1.165, 1.54) is 12.8 Å². The summed E-state index contributed by atoms with van der Waals surface area (Å²) in [6.07, 6.45) is 3.99. The van der Waals surface area contributed by atoms with Crippen LogP contribution in [0.5, 0.6) is 0 Å². The number of benzene rings is 1. The van der Waals surface area contributed by atoms with Gasteiger partial charge in [0.05, 0.1) is 30.8 Å². The summed E-state index contributed by atoms with van der Waals surface area (Å²) in [5, 5.41) is 0. The van der Waals surface area contributed by atoms with E-state index in [0.717, 1.165) is 18.8 Å². The van der Waals surface area contributed by atoms with Crippen LogP contribution in [0.4, 0.5) is 9.18 Å². The minimum absolute atomic E-state index is 0.207. The zero-order valence-corrected chi connectivity index (χ0v) is 19.5. The van der Waals surface area contributed by atoms with Gasteiger partial charge in [0.15, 0.2) is 5.82 Å². The minimum Gasteiger partial charge on any atom is -0.444 e. The molecule has 2 aromatic rings. The lowest BCUT2D eigenvalue weighted by Crippen LogP contribution is -2.46. The molecule has 1 aliphatic carbocycles. The van der Waals surface area contributed by atoms with E-state index in [1.807, 2.05) is 26.8 Å². The molecule has 2 aliphatic rings. The lowest BCUT2D eigenvalue weighted by Gasteiger charge is -2.36. The molecule has 2 heterocycles. The van der Waals surface area contributed by atoms with E-state index in [1.54, 1.807) is 11.0 Å². The summed E-state index contributed by atoms with van der Waals surface area (Å²) in [5.74, 6) is 1.27. The monoisotopic (exact) mass is 446 g/mol. The van der Waals surface area contributed by atoms with Gasteiger partial charge in [-0.05, 0) is 51.5 Å². The van der Waals surface area contributed by atoms with E-state index >= 15 is 4.39 Å². The maximum absolute atomic E-state index is 15.6. The first kappa shape index (κ1) is 23.0. The molecule has 1 aliphatic heterocycles. The molecule has 2 fully saturated rings. The van der Waals surface area contributed by atoms with Crippen molar-refractivity contribution in [2.75, 3.05) is 19.8 Å². The summed E-state index contributed by atoms with van der Waals surface area (Å²) >= 11 is 0. The summed E-state index contributed by atoms with van der Waals surface area (Å²) in [4.78, 5) is 22.1. The van der Waals surface area contributed by atoms with E-state index in [0.29, 0.717) is 36.0 Å². The van der Waals surface area contributed by atoms with Gasteiger partial charge < -0.3 is 20.2 Å².